The average molecular weight is 562 g/mol. The molecule has 2 aliphatic carbocycles. The SMILES string of the molecule is CC(C)(C)C1=C(C(C)(C)C)C[C]([Zr]([CH3])(=[CH]c2ccccc2)[CH]2C=Cc3ccccc32)=C1.Cl.Cl. The first-order chi connectivity index (χ1) is 14.5. The van der Waals surface area contributed by atoms with Crippen LogP contribution in [0, 0.1) is 10.8 Å². The Morgan fingerprint density at radius 2 is 1.42 bits per heavy atom. The third-order valence-electron chi connectivity index (χ3n) is 7.13. The van der Waals surface area contributed by atoms with Crippen LogP contribution in [0.25, 0.3) is 6.08 Å². The largest absolute Gasteiger partial charge is 0.147 e. The number of allylic oxidation sites excluding steroid dienone is 5. The number of rotatable bonds is 3. The smallest absolute Gasteiger partial charge is 0.147 e. The minimum absolute atomic E-state index is 0. The Morgan fingerprint density at radius 3 is 2.00 bits per heavy atom. The fourth-order valence-corrected chi connectivity index (χ4v) is 15.3. The number of hydrogen-bond acceptors (Lipinski definition) is 0. The van der Waals surface area contributed by atoms with Crippen LogP contribution in [0.3, 0.4) is 0 Å². The van der Waals surface area contributed by atoms with E-state index in [0.717, 1.165) is 6.42 Å². The molecule has 0 fully saturated rings. The average Bonchev–Trinajstić information content (AvgIpc) is 3.34. The summed E-state index contributed by atoms with van der Waals surface area (Å²) in [5.41, 5.74) is 7.94. The molecule has 3 heteroatoms. The normalized spacial score (nSPS) is 19.2. The number of fused-ring (bicyclic) bond motifs is 1. The Hall–Kier alpha value is -1.01. The van der Waals surface area contributed by atoms with Crippen LogP contribution in [-0.2, 0) is 19.8 Å². The summed E-state index contributed by atoms with van der Waals surface area (Å²) >= 11 is -2.99. The van der Waals surface area contributed by atoms with E-state index in [0.29, 0.717) is 3.63 Å². The van der Waals surface area contributed by atoms with Crippen LogP contribution in [-0.4, -0.2) is 3.71 Å². The van der Waals surface area contributed by atoms with Gasteiger partial charge in [-0.3, -0.25) is 0 Å². The molecule has 0 aromatic heterocycles. The van der Waals surface area contributed by atoms with Gasteiger partial charge in [0.25, 0.3) is 0 Å². The van der Waals surface area contributed by atoms with Crippen molar-refractivity contribution in [3.63, 3.8) is 0 Å². The quantitative estimate of drug-likeness (QED) is 0.350. The van der Waals surface area contributed by atoms with Crippen molar-refractivity contribution in [2.75, 3.05) is 0 Å². The fraction of sp³-hybridized carbons (Fsp3) is 0.367. The molecule has 0 saturated carbocycles. The van der Waals surface area contributed by atoms with E-state index in [4.69, 9.17) is 0 Å². The second-order valence-electron chi connectivity index (χ2n) is 11.5. The summed E-state index contributed by atoms with van der Waals surface area (Å²) in [5, 5.41) is 0. The first-order valence-electron chi connectivity index (χ1n) is 11.6. The van der Waals surface area contributed by atoms with Gasteiger partial charge in [0.15, 0.2) is 0 Å². The van der Waals surface area contributed by atoms with E-state index in [2.05, 4.69) is 123 Å². The minimum atomic E-state index is -2.99. The van der Waals surface area contributed by atoms with Gasteiger partial charge >= 0.3 is 194 Å². The summed E-state index contributed by atoms with van der Waals surface area (Å²) in [6.45, 7) is 14.3. The maximum absolute atomic E-state index is 2.99. The van der Waals surface area contributed by atoms with Crippen LogP contribution in [0.4, 0.5) is 0 Å². The topological polar surface area (TPSA) is 0 Å². The monoisotopic (exact) mass is 559 g/mol. The Morgan fingerprint density at radius 1 is 0.818 bits per heavy atom. The van der Waals surface area contributed by atoms with Crippen LogP contribution in [0.1, 0.15) is 68.3 Å². The van der Waals surface area contributed by atoms with E-state index < -0.39 is 19.8 Å². The fourth-order valence-electron chi connectivity index (χ4n) is 5.33. The van der Waals surface area contributed by atoms with Gasteiger partial charge in [0.05, 0.1) is 0 Å². The van der Waals surface area contributed by atoms with Crippen LogP contribution in [0.15, 0.2) is 81.2 Å². The van der Waals surface area contributed by atoms with Crippen molar-refractivity contribution in [3.8, 4) is 0 Å². The molecule has 2 aromatic rings. The van der Waals surface area contributed by atoms with Crippen molar-refractivity contribution in [3.05, 3.63) is 97.9 Å². The third-order valence-corrected chi connectivity index (χ3v) is 18.0. The second kappa shape index (κ2) is 10.3. The Bertz CT molecular complexity index is 1140. The standard InChI is InChI=1S/C13H21.C9H7.C7H6.CH3.2ClH.Zr/c1-12(2,3)10-8-7-9-11(10)13(4,5)6;1-2-5-9-7-3-6-8(9)4-1;1-7-5-3-2-4-6-7;;;;/h8H,9H2,1-6H3;1-7H;1-6H;1H3;2*1H;. The van der Waals surface area contributed by atoms with Gasteiger partial charge in [-0.1, -0.05) is 0 Å². The zero-order valence-corrected chi connectivity index (χ0v) is 25.2. The molecular formula is C30H39Cl2Zr. The molecule has 0 spiro atoms. The molecular weight excluding hydrogens is 522 g/mol. The summed E-state index contributed by atoms with van der Waals surface area (Å²) in [6.07, 6.45) is 8.68. The van der Waals surface area contributed by atoms with E-state index in [9.17, 15) is 0 Å². The molecule has 0 radical (unpaired) electrons. The first kappa shape index (κ1) is 28.2. The summed E-state index contributed by atoms with van der Waals surface area (Å²) in [7, 11) is 0. The van der Waals surface area contributed by atoms with Crippen molar-refractivity contribution in [1.29, 1.82) is 0 Å². The van der Waals surface area contributed by atoms with Crippen molar-refractivity contribution in [2.24, 2.45) is 10.8 Å². The molecule has 4 rings (SSSR count). The van der Waals surface area contributed by atoms with Crippen molar-refractivity contribution >= 4 is 34.6 Å². The van der Waals surface area contributed by atoms with Crippen LogP contribution in [0.2, 0.25) is 4.63 Å². The van der Waals surface area contributed by atoms with Gasteiger partial charge in [0.1, 0.15) is 0 Å². The molecule has 0 heterocycles. The van der Waals surface area contributed by atoms with Gasteiger partial charge < -0.3 is 0 Å². The molecule has 0 saturated heterocycles. The van der Waals surface area contributed by atoms with Gasteiger partial charge in [-0.2, -0.15) is 0 Å². The van der Waals surface area contributed by atoms with E-state index in [1.807, 2.05) is 0 Å². The summed E-state index contributed by atoms with van der Waals surface area (Å²) in [4.78, 5) is 0. The summed E-state index contributed by atoms with van der Waals surface area (Å²) in [5.74, 6) is 0. The molecule has 177 valence electrons. The first-order valence-corrected chi connectivity index (χ1v) is 18.2. The minimum Gasteiger partial charge on any atom is -0.147 e. The number of benzene rings is 2. The molecule has 33 heavy (non-hydrogen) atoms. The van der Waals surface area contributed by atoms with E-state index in [-0.39, 0.29) is 35.6 Å². The zero-order chi connectivity index (χ0) is 22.4. The molecule has 2 aliphatic rings. The molecule has 0 aliphatic heterocycles. The number of hydrogen-bond donors (Lipinski definition) is 0. The van der Waals surface area contributed by atoms with Gasteiger partial charge in [0, 0.05) is 0 Å². The van der Waals surface area contributed by atoms with Gasteiger partial charge in [-0.05, 0) is 0 Å². The second-order valence-corrected chi connectivity index (χ2v) is 21.7. The van der Waals surface area contributed by atoms with Crippen molar-refractivity contribution < 1.29 is 19.8 Å². The van der Waals surface area contributed by atoms with E-state index >= 15 is 0 Å². The molecule has 0 nitrogen and oxygen atoms in total. The summed E-state index contributed by atoms with van der Waals surface area (Å²) < 4.78 is 7.69. The summed E-state index contributed by atoms with van der Waals surface area (Å²) in [6, 6.07) is 20.1. The molecule has 0 amide bonds. The van der Waals surface area contributed by atoms with E-state index in [1.54, 1.807) is 14.4 Å². The predicted octanol–water partition coefficient (Wildman–Crippen LogP) is 9.33. The van der Waals surface area contributed by atoms with Gasteiger partial charge in [-0.25, -0.2) is 0 Å². The van der Waals surface area contributed by atoms with Crippen molar-refractivity contribution in [1.82, 2.24) is 0 Å². The Labute approximate surface area is 218 Å². The van der Waals surface area contributed by atoms with Gasteiger partial charge in [-0.15, -0.1) is 24.8 Å². The number of halogens is 2. The molecule has 0 bridgehead atoms. The van der Waals surface area contributed by atoms with Crippen LogP contribution in [0.5, 0.6) is 0 Å². The Balaban J connectivity index is 0.00000193. The maximum atomic E-state index is 2.73. The third kappa shape index (κ3) is 5.64. The van der Waals surface area contributed by atoms with Gasteiger partial charge in [0.2, 0.25) is 0 Å². The van der Waals surface area contributed by atoms with Crippen LogP contribution < -0.4 is 0 Å². The van der Waals surface area contributed by atoms with Crippen molar-refractivity contribution in [2.45, 2.75) is 56.2 Å². The molecule has 2 aromatic carbocycles. The molecule has 2 atom stereocenters. The predicted molar refractivity (Wildman–Crippen MR) is 149 cm³/mol. The Kier molecular flexibility index (Phi) is 8.82. The van der Waals surface area contributed by atoms with E-state index in [1.165, 1.54) is 16.7 Å². The maximum Gasteiger partial charge on any atom is -0.147 e. The van der Waals surface area contributed by atoms with Crippen LogP contribution >= 0.6 is 24.8 Å². The molecule has 0 N–H and O–H groups in total. The zero-order valence-electron chi connectivity index (χ0n) is 21.1. The molecule has 2 unspecified atom stereocenters.